The number of aryl methyl sites for hydroxylation is 2. The maximum Gasteiger partial charge on any atom is 0.106 e. The van der Waals surface area contributed by atoms with E-state index in [1.165, 1.54) is 36.5 Å². The Kier molecular flexibility index (Phi) is 3.87. The minimum absolute atomic E-state index is 0.580. The number of aromatic nitrogens is 4. The molecule has 0 spiro atoms. The number of imidazole rings is 1. The highest BCUT2D eigenvalue weighted by atomic mass is 15.2. The number of hydrogen-bond acceptors (Lipinski definition) is 3. The second kappa shape index (κ2) is 5.79. The first-order chi connectivity index (χ1) is 9.76. The van der Waals surface area contributed by atoms with Crippen molar-refractivity contribution in [3.8, 4) is 0 Å². The van der Waals surface area contributed by atoms with Crippen LogP contribution in [0.15, 0.2) is 12.3 Å². The molecule has 3 heterocycles. The van der Waals surface area contributed by atoms with Gasteiger partial charge in [0.1, 0.15) is 5.82 Å². The van der Waals surface area contributed by atoms with Gasteiger partial charge in [-0.15, -0.1) is 0 Å². The zero-order valence-corrected chi connectivity index (χ0v) is 12.3. The van der Waals surface area contributed by atoms with Gasteiger partial charge in [0.25, 0.3) is 0 Å². The summed E-state index contributed by atoms with van der Waals surface area (Å²) in [5.41, 5.74) is 3.68. The molecule has 1 aliphatic heterocycles. The van der Waals surface area contributed by atoms with Gasteiger partial charge in [-0.1, -0.05) is 6.92 Å². The van der Waals surface area contributed by atoms with Gasteiger partial charge in [0.2, 0.25) is 0 Å². The highest BCUT2D eigenvalue weighted by molar-refractivity contribution is 5.14. The normalized spacial score (nSPS) is 20.4. The minimum Gasteiger partial charge on any atom is -0.346 e. The van der Waals surface area contributed by atoms with E-state index in [9.17, 15) is 0 Å². The number of aromatic amines is 2. The molecule has 5 nitrogen and oxygen atoms in total. The van der Waals surface area contributed by atoms with Crippen molar-refractivity contribution < 1.29 is 0 Å². The summed E-state index contributed by atoms with van der Waals surface area (Å²) in [6, 6.07) is 2.10. The van der Waals surface area contributed by atoms with E-state index in [0.29, 0.717) is 5.92 Å². The lowest BCUT2D eigenvalue weighted by Crippen LogP contribution is -2.34. The van der Waals surface area contributed by atoms with E-state index in [0.717, 1.165) is 25.3 Å². The number of nitrogens with one attached hydrogen (secondary N) is 2. The Morgan fingerprint density at radius 3 is 3.05 bits per heavy atom. The molecule has 0 amide bonds. The lowest BCUT2D eigenvalue weighted by Gasteiger charge is -2.31. The molecule has 1 fully saturated rings. The lowest BCUT2D eigenvalue weighted by atomic mass is 9.95. The molecule has 108 valence electrons. The summed E-state index contributed by atoms with van der Waals surface area (Å²) >= 11 is 0. The Balaban J connectivity index is 1.66. The monoisotopic (exact) mass is 273 g/mol. The van der Waals surface area contributed by atoms with Gasteiger partial charge in [0.05, 0.1) is 5.69 Å². The third-order valence-corrected chi connectivity index (χ3v) is 4.21. The molecular formula is C15H23N5. The summed E-state index contributed by atoms with van der Waals surface area (Å²) in [6.45, 7) is 7.47. The van der Waals surface area contributed by atoms with Gasteiger partial charge in [0.15, 0.2) is 0 Å². The fourth-order valence-corrected chi connectivity index (χ4v) is 3.04. The first kappa shape index (κ1) is 13.4. The first-order valence-electron chi connectivity index (χ1n) is 7.52. The molecule has 2 N–H and O–H groups in total. The van der Waals surface area contributed by atoms with Gasteiger partial charge in [-0.25, -0.2) is 4.98 Å². The van der Waals surface area contributed by atoms with E-state index in [1.54, 1.807) is 0 Å². The largest absolute Gasteiger partial charge is 0.346 e. The zero-order valence-electron chi connectivity index (χ0n) is 12.3. The summed E-state index contributed by atoms with van der Waals surface area (Å²) < 4.78 is 0. The summed E-state index contributed by atoms with van der Waals surface area (Å²) in [4.78, 5) is 10.6. The van der Waals surface area contributed by atoms with Crippen molar-refractivity contribution in [2.24, 2.45) is 0 Å². The molecule has 0 aliphatic carbocycles. The third kappa shape index (κ3) is 2.77. The predicted molar refractivity (Wildman–Crippen MR) is 78.5 cm³/mol. The summed E-state index contributed by atoms with van der Waals surface area (Å²) in [5, 5.41) is 7.19. The molecule has 1 unspecified atom stereocenters. The average Bonchev–Trinajstić information content (AvgIpc) is 3.10. The van der Waals surface area contributed by atoms with Crippen molar-refractivity contribution in [2.45, 2.75) is 45.6 Å². The van der Waals surface area contributed by atoms with E-state index in [1.807, 2.05) is 6.20 Å². The molecular weight excluding hydrogens is 250 g/mol. The van der Waals surface area contributed by atoms with Crippen molar-refractivity contribution in [3.05, 3.63) is 35.2 Å². The van der Waals surface area contributed by atoms with Gasteiger partial charge in [-0.2, -0.15) is 5.10 Å². The van der Waals surface area contributed by atoms with Crippen LogP contribution >= 0.6 is 0 Å². The Morgan fingerprint density at radius 1 is 1.45 bits per heavy atom. The van der Waals surface area contributed by atoms with E-state index >= 15 is 0 Å². The smallest absolute Gasteiger partial charge is 0.106 e. The summed E-state index contributed by atoms with van der Waals surface area (Å²) in [6.07, 6.45) is 5.31. The standard InChI is InChI=1S/C15H23N5/c1-3-15-17-11(2)14(18-15)10-20-8-4-5-12(9-20)13-6-7-16-19-13/h6-7,12H,3-5,8-10H2,1-2H3,(H,16,19)(H,17,18). The van der Waals surface area contributed by atoms with Crippen LogP contribution in [0.3, 0.4) is 0 Å². The van der Waals surface area contributed by atoms with Gasteiger partial charge in [-0.3, -0.25) is 10.00 Å². The third-order valence-electron chi connectivity index (χ3n) is 4.21. The van der Waals surface area contributed by atoms with Crippen molar-refractivity contribution in [2.75, 3.05) is 13.1 Å². The topological polar surface area (TPSA) is 60.6 Å². The molecule has 0 aromatic carbocycles. The number of piperidine rings is 1. The van der Waals surface area contributed by atoms with Crippen LogP contribution in [0.25, 0.3) is 0 Å². The molecule has 20 heavy (non-hydrogen) atoms. The van der Waals surface area contributed by atoms with E-state index in [2.05, 4.69) is 40.0 Å². The van der Waals surface area contributed by atoms with Crippen LogP contribution in [-0.2, 0) is 13.0 Å². The molecule has 0 saturated carbocycles. The molecule has 1 atom stereocenters. The molecule has 0 radical (unpaired) electrons. The quantitative estimate of drug-likeness (QED) is 0.899. The Labute approximate surface area is 119 Å². The minimum atomic E-state index is 0.580. The van der Waals surface area contributed by atoms with Crippen LogP contribution in [-0.4, -0.2) is 38.2 Å². The van der Waals surface area contributed by atoms with E-state index in [-0.39, 0.29) is 0 Å². The van der Waals surface area contributed by atoms with Crippen LogP contribution < -0.4 is 0 Å². The number of rotatable bonds is 4. The van der Waals surface area contributed by atoms with Crippen molar-refractivity contribution in [1.82, 2.24) is 25.1 Å². The highest BCUT2D eigenvalue weighted by Crippen LogP contribution is 2.26. The van der Waals surface area contributed by atoms with Crippen molar-refractivity contribution >= 4 is 0 Å². The number of nitrogens with zero attached hydrogens (tertiary/aromatic N) is 3. The van der Waals surface area contributed by atoms with Crippen LogP contribution in [0.2, 0.25) is 0 Å². The molecule has 5 heteroatoms. The Hall–Kier alpha value is -1.62. The molecule has 1 saturated heterocycles. The van der Waals surface area contributed by atoms with E-state index < -0.39 is 0 Å². The maximum absolute atomic E-state index is 4.69. The molecule has 3 rings (SSSR count). The van der Waals surface area contributed by atoms with Gasteiger partial charge < -0.3 is 4.98 Å². The second-order valence-corrected chi connectivity index (χ2v) is 5.69. The number of likely N-dealkylation sites (tertiary alicyclic amines) is 1. The maximum atomic E-state index is 4.69. The van der Waals surface area contributed by atoms with Gasteiger partial charge in [0, 0.05) is 43.0 Å². The van der Waals surface area contributed by atoms with Crippen molar-refractivity contribution in [1.29, 1.82) is 0 Å². The lowest BCUT2D eigenvalue weighted by molar-refractivity contribution is 0.196. The fourth-order valence-electron chi connectivity index (χ4n) is 3.04. The highest BCUT2D eigenvalue weighted by Gasteiger charge is 2.23. The Morgan fingerprint density at radius 2 is 2.35 bits per heavy atom. The predicted octanol–water partition coefficient (Wildman–Crippen LogP) is 2.38. The molecule has 0 bridgehead atoms. The fraction of sp³-hybridized carbons (Fsp3) is 0.600. The zero-order chi connectivity index (χ0) is 13.9. The number of H-pyrrole nitrogens is 2. The van der Waals surface area contributed by atoms with Gasteiger partial charge >= 0.3 is 0 Å². The van der Waals surface area contributed by atoms with Crippen LogP contribution in [0.1, 0.15) is 48.6 Å². The van der Waals surface area contributed by atoms with Crippen LogP contribution in [0.4, 0.5) is 0 Å². The van der Waals surface area contributed by atoms with E-state index in [4.69, 9.17) is 4.98 Å². The average molecular weight is 273 g/mol. The van der Waals surface area contributed by atoms with Crippen LogP contribution in [0.5, 0.6) is 0 Å². The summed E-state index contributed by atoms with van der Waals surface area (Å²) in [5.74, 6) is 1.68. The van der Waals surface area contributed by atoms with Crippen molar-refractivity contribution in [3.63, 3.8) is 0 Å². The van der Waals surface area contributed by atoms with Crippen LogP contribution in [0, 0.1) is 6.92 Å². The molecule has 1 aliphatic rings. The molecule has 2 aromatic rings. The first-order valence-corrected chi connectivity index (χ1v) is 7.52. The van der Waals surface area contributed by atoms with Gasteiger partial charge in [-0.05, 0) is 32.4 Å². The summed E-state index contributed by atoms with van der Waals surface area (Å²) in [7, 11) is 0. The Bertz CT molecular complexity index is 543. The second-order valence-electron chi connectivity index (χ2n) is 5.69. The SMILES string of the molecule is CCc1nc(CN2CCCC(c3ccn[nH]3)C2)c(C)[nH]1. The molecule has 2 aromatic heterocycles. The number of hydrogen-bond donors (Lipinski definition) is 2.